The minimum Gasteiger partial charge on any atom is -0.480 e. The van der Waals surface area contributed by atoms with E-state index in [0.29, 0.717) is 17.7 Å². The van der Waals surface area contributed by atoms with E-state index >= 15 is 0 Å². The lowest BCUT2D eigenvalue weighted by atomic mass is 10.1. The molecule has 2 rings (SSSR count). The number of carboxylic acid groups (broad SMARTS) is 1. The number of imide groups is 1. The fourth-order valence-electron chi connectivity index (χ4n) is 2.45. The molecule has 0 aliphatic carbocycles. The van der Waals surface area contributed by atoms with Crippen LogP contribution >= 0.6 is 0 Å². The van der Waals surface area contributed by atoms with Gasteiger partial charge >= 0.3 is 5.97 Å². The van der Waals surface area contributed by atoms with Crippen LogP contribution in [0.4, 0.5) is 0 Å². The highest BCUT2D eigenvalue weighted by molar-refractivity contribution is 6.21. The molecule has 0 fully saturated rings. The SMILES string of the molecule is CC(C)CN(CC(=O)O)CN1C(=O)c2ccccc2C1=O. The first-order valence-corrected chi connectivity index (χ1v) is 6.79. The molecule has 2 amide bonds. The molecule has 1 aliphatic rings. The number of rotatable bonds is 6. The predicted molar refractivity (Wildman–Crippen MR) is 75.9 cm³/mol. The fourth-order valence-corrected chi connectivity index (χ4v) is 2.45. The summed E-state index contributed by atoms with van der Waals surface area (Å²) in [6.07, 6.45) is 0. The van der Waals surface area contributed by atoms with E-state index in [1.807, 2.05) is 13.8 Å². The Hall–Kier alpha value is -2.21. The molecule has 6 heteroatoms. The van der Waals surface area contributed by atoms with E-state index in [1.165, 1.54) is 0 Å². The van der Waals surface area contributed by atoms with E-state index in [-0.39, 0.29) is 30.9 Å². The molecule has 0 saturated heterocycles. The van der Waals surface area contributed by atoms with E-state index in [4.69, 9.17) is 5.11 Å². The molecular formula is C15H18N2O4. The predicted octanol–water partition coefficient (Wildman–Crippen LogP) is 1.28. The van der Waals surface area contributed by atoms with Gasteiger partial charge in [-0.2, -0.15) is 0 Å². The molecule has 0 atom stereocenters. The first-order chi connectivity index (χ1) is 9.90. The van der Waals surface area contributed by atoms with Gasteiger partial charge in [0.05, 0.1) is 24.3 Å². The van der Waals surface area contributed by atoms with Gasteiger partial charge < -0.3 is 5.11 Å². The molecule has 0 aromatic heterocycles. The molecule has 21 heavy (non-hydrogen) atoms. The zero-order valence-corrected chi connectivity index (χ0v) is 12.1. The van der Waals surface area contributed by atoms with Gasteiger partial charge in [-0.05, 0) is 18.1 Å². The molecular weight excluding hydrogens is 272 g/mol. The lowest BCUT2D eigenvalue weighted by Crippen LogP contribution is -2.44. The highest BCUT2D eigenvalue weighted by Crippen LogP contribution is 2.22. The van der Waals surface area contributed by atoms with Crippen LogP contribution in [0.3, 0.4) is 0 Å². The molecule has 6 nitrogen and oxygen atoms in total. The van der Waals surface area contributed by atoms with E-state index in [0.717, 1.165) is 4.90 Å². The number of fused-ring (bicyclic) bond motifs is 1. The van der Waals surface area contributed by atoms with Crippen molar-refractivity contribution in [3.63, 3.8) is 0 Å². The Morgan fingerprint density at radius 1 is 1.19 bits per heavy atom. The summed E-state index contributed by atoms with van der Waals surface area (Å²) in [5, 5.41) is 8.95. The standard InChI is InChI=1S/C15H18N2O4/c1-10(2)7-16(8-13(18)19)9-17-14(20)11-5-3-4-6-12(11)15(17)21/h3-6,10H,7-9H2,1-2H3,(H,18,19). The molecule has 1 aliphatic heterocycles. The second-order valence-corrected chi connectivity index (χ2v) is 5.52. The fraction of sp³-hybridized carbons (Fsp3) is 0.400. The Morgan fingerprint density at radius 2 is 1.71 bits per heavy atom. The number of carbonyl (C=O) groups is 3. The summed E-state index contributed by atoms with van der Waals surface area (Å²) in [6, 6.07) is 6.63. The third-order valence-electron chi connectivity index (χ3n) is 3.20. The minimum absolute atomic E-state index is 0.00315. The molecule has 1 heterocycles. The van der Waals surface area contributed by atoms with Gasteiger partial charge in [-0.15, -0.1) is 0 Å². The van der Waals surface area contributed by atoms with E-state index in [2.05, 4.69) is 0 Å². The van der Waals surface area contributed by atoms with Crippen molar-refractivity contribution >= 4 is 17.8 Å². The lowest BCUT2D eigenvalue weighted by Gasteiger charge is -2.26. The normalized spacial score (nSPS) is 14.2. The summed E-state index contributed by atoms with van der Waals surface area (Å²) in [7, 11) is 0. The topological polar surface area (TPSA) is 77.9 Å². The van der Waals surface area contributed by atoms with Crippen LogP contribution in [0.2, 0.25) is 0 Å². The van der Waals surface area contributed by atoms with Crippen LogP contribution in [0.5, 0.6) is 0 Å². The maximum Gasteiger partial charge on any atom is 0.317 e. The van der Waals surface area contributed by atoms with Gasteiger partial charge in [0.15, 0.2) is 0 Å². The molecule has 1 N–H and O–H groups in total. The highest BCUT2D eigenvalue weighted by Gasteiger charge is 2.36. The van der Waals surface area contributed by atoms with Gasteiger partial charge in [0.2, 0.25) is 0 Å². The summed E-state index contributed by atoms with van der Waals surface area (Å²) >= 11 is 0. The zero-order chi connectivity index (χ0) is 15.6. The molecule has 0 unspecified atom stereocenters. The average Bonchev–Trinajstić information content (AvgIpc) is 2.63. The number of nitrogens with zero attached hydrogens (tertiary/aromatic N) is 2. The summed E-state index contributed by atoms with van der Waals surface area (Å²) < 4.78 is 0. The van der Waals surface area contributed by atoms with E-state index < -0.39 is 5.97 Å². The maximum atomic E-state index is 12.2. The number of carboxylic acids is 1. The van der Waals surface area contributed by atoms with Crippen molar-refractivity contribution in [2.24, 2.45) is 5.92 Å². The summed E-state index contributed by atoms with van der Waals surface area (Å²) in [6.45, 7) is 4.20. The Labute approximate surface area is 123 Å². The van der Waals surface area contributed by atoms with Crippen molar-refractivity contribution in [3.05, 3.63) is 35.4 Å². The van der Waals surface area contributed by atoms with Crippen LogP contribution in [-0.4, -0.2) is 52.4 Å². The Bertz CT molecular complexity index is 548. The zero-order valence-electron chi connectivity index (χ0n) is 12.1. The van der Waals surface area contributed by atoms with Gasteiger partial charge in [-0.25, -0.2) is 0 Å². The minimum atomic E-state index is -0.979. The second kappa shape index (κ2) is 6.05. The van der Waals surface area contributed by atoms with Crippen molar-refractivity contribution in [3.8, 4) is 0 Å². The van der Waals surface area contributed by atoms with Gasteiger partial charge in [0.25, 0.3) is 11.8 Å². The van der Waals surface area contributed by atoms with E-state index in [1.54, 1.807) is 29.2 Å². The number of aliphatic carboxylic acids is 1. The molecule has 112 valence electrons. The number of amides is 2. The number of hydrogen-bond acceptors (Lipinski definition) is 4. The third kappa shape index (κ3) is 3.28. The second-order valence-electron chi connectivity index (χ2n) is 5.52. The van der Waals surface area contributed by atoms with E-state index in [9.17, 15) is 14.4 Å². The first-order valence-electron chi connectivity index (χ1n) is 6.79. The number of carbonyl (C=O) groups excluding carboxylic acids is 2. The lowest BCUT2D eigenvalue weighted by molar-refractivity contribution is -0.138. The van der Waals surface area contributed by atoms with Gasteiger partial charge in [-0.1, -0.05) is 26.0 Å². The first kappa shape index (κ1) is 15.2. The molecule has 1 aromatic carbocycles. The molecule has 0 radical (unpaired) electrons. The Morgan fingerprint density at radius 3 is 2.14 bits per heavy atom. The van der Waals surface area contributed by atoms with Crippen LogP contribution in [0, 0.1) is 5.92 Å². The monoisotopic (exact) mass is 290 g/mol. The smallest absolute Gasteiger partial charge is 0.317 e. The maximum absolute atomic E-state index is 12.2. The van der Waals surface area contributed by atoms with Crippen LogP contribution in [-0.2, 0) is 4.79 Å². The van der Waals surface area contributed by atoms with Gasteiger partial charge in [0, 0.05) is 6.54 Å². The average molecular weight is 290 g/mol. The number of benzene rings is 1. The van der Waals surface area contributed by atoms with Crippen molar-refractivity contribution < 1.29 is 19.5 Å². The quantitative estimate of drug-likeness (QED) is 0.799. The molecule has 0 saturated carbocycles. The highest BCUT2D eigenvalue weighted by atomic mass is 16.4. The Kier molecular flexibility index (Phi) is 4.37. The summed E-state index contributed by atoms with van der Waals surface area (Å²) in [4.78, 5) is 38.1. The molecule has 1 aromatic rings. The van der Waals surface area contributed by atoms with Gasteiger partial charge in [-0.3, -0.25) is 24.2 Å². The van der Waals surface area contributed by atoms with Crippen LogP contribution in [0.25, 0.3) is 0 Å². The molecule has 0 bridgehead atoms. The van der Waals surface area contributed by atoms with Crippen molar-refractivity contribution in [1.82, 2.24) is 9.80 Å². The van der Waals surface area contributed by atoms with Crippen LogP contribution in [0.1, 0.15) is 34.6 Å². The van der Waals surface area contributed by atoms with Crippen molar-refractivity contribution in [1.29, 1.82) is 0 Å². The Balaban J connectivity index is 2.17. The summed E-state index contributed by atoms with van der Waals surface area (Å²) in [5.74, 6) is -1.48. The third-order valence-corrected chi connectivity index (χ3v) is 3.20. The van der Waals surface area contributed by atoms with Crippen molar-refractivity contribution in [2.75, 3.05) is 19.8 Å². The largest absolute Gasteiger partial charge is 0.480 e. The van der Waals surface area contributed by atoms with Crippen LogP contribution < -0.4 is 0 Å². The molecule has 0 spiro atoms. The van der Waals surface area contributed by atoms with Crippen molar-refractivity contribution in [2.45, 2.75) is 13.8 Å². The van der Waals surface area contributed by atoms with Crippen LogP contribution in [0.15, 0.2) is 24.3 Å². The summed E-state index contributed by atoms with van der Waals surface area (Å²) in [5.41, 5.74) is 0.754. The number of hydrogen-bond donors (Lipinski definition) is 1. The van der Waals surface area contributed by atoms with Gasteiger partial charge in [0.1, 0.15) is 0 Å².